The summed E-state index contributed by atoms with van der Waals surface area (Å²) in [4.78, 5) is 14.3. The monoisotopic (exact) mass is 264 g/mol. The lowest BCUT2D eigenvalue weighted by atomic mass is 10.2. The van der Waals surface area contributed by atoms with Crippen molar-refractivity contribution < 1.29 is 9.66 Å². The van der Waals surface area contributed by atoms with Crippen LogP contribution in [0.25, 0.3) is 0 Å². The number of aryl methyl sites for hydroxylation is 1. The number of nitrogens with zero attached hydrogens (tertiary/aromatic N) is 2. The van der Waals surface area contributed by atoms with Crippen LogP contribution in [-0.4, -0.2) is 9.91 Å². The molecule has 0 saturated carbocycles. The van der Waals surface area contributed by atoms with Gasteiger partial charge in [-0.2, -0.15) is 0 Å². The number of halogens is 1. The first-order valence-electron chi connectivity index (χ1n) is 5.11. The van der Waals surface area contributed by atoms with Crippen LogP contribution >= 0.6 is 11.6 Å². The molecule has 0 N–H and O–H groups in total. The van der Waals surface area contributed by atoms with Crippen LogP contribution in [-0.2, 0) is 0 Å². The molecule has 0 radical (unpaired) electrons. The summed E-state index contributed by atoms with van der Waals surface area (Å²) in [5, 5.41) is 11.2. The molecule has 0 unspecified atom stereocenters. The average Bonchev–Trinajstić information content (AvgIpc) is 2.31. The number of hydrogen-bond donors (Lipinski definition) is 0. The fourth-order valence-corrected chi connectivity index (χ4v) is 1.64. The van der Waals surface area contributed by atoms with E-state index in [-0.39, 0.29) is 16.6 Å². The van der Waals surface area contributed by atoms with E-state index in [0.717, 1.165) is 0 Å². The second-order valence-electron chi connectivity index (χ2n) is 3.60. The van der Waals surface area contributed by atoms with E-state index in [1.54, 1.807) is 25.1 Å². The molecule has 92 valence electrons. The fourth-order valence-electron chi connectivity index (χ4n) is 1.48. The molecule has 6 heteroatoms. The number of para-hydroxylation sites is 1. The third kappa shape index (κ3) is 2.57. The highest BCUT2D eigenvalue weighted by Gasteiger charge is 2.17. The summed E-state index contributed by atoms with van der Waals surface area (Å²) in [7, 11) is 0. The number of hydrogen-bond acceptors (Lipinski definition) is 4. The van der Waals surface area contributed by atoms with Crippen molar-refractivity contribution in [2.24, 2.45) is 0 Å². The van der Waals surface area contributed by atoms with Gasteiger partial charge < -0.3 is 4.74 Å². The minimum Gasteiger partial charge on any atom is -0.450 e. The minimum atomic E-state index is -0.481. The molecule has 0 aliphatic rings. The Hall–Kier alpha value is -2.14. The van der Waals surface area contributed by atoms with Crippen molar-refractivity contribution in [3.05, 3.63) is 57.4 Å². The molecule has 18 heavy (non-hydrogen) atoms. The van der Waals surface area contributed by atoms with E-state index < -0.39 is 4.92 Å². The van der Waals surface area contributed by atoms with Gasteiger partial charge in [-0.05, 0) is 18.6 Å². The van der Waals surface area contributed by atoms with Crippen LogP contribution in [0.15, 0.2) is 36.5 Å². The molecular weight excluding hydrogens is 256 g/mol. The highest BCUT2D eigenvalue weighted by atomic mass is 35.5. The van der Waals surface area contributed by atoms with Crippen molar-refractivity contribution in [3.63, 3.8) is 0 Å². The standard InChI is InChI=1S/C12H9ClN2O3/c1-8-3-2-4-10(15(16)17)12(8)18-9-5-6-14-11(13)7-9/h2-7H,1H3. The van der Waals surface area contributed by atoms with Crippen molar-refractivity contribution in [2.75, 3.05) is 0 Å². The molecule has 0 aliphatic carbocycles. The van der Waals surface area contributed by atoms with Crippen LogP contribution in [0.1, 0.15) is 5.56 Å². The van der Waals surface area contributed by atoms with Gasteiger partial charge in [0.15, 0.2) is 0 Å². The van der Waals surface area contributed by atoms with Crippen LogP contribution < -0.4 is 4.74 Å². The average molecular weight is 265 g/mol. The minimum absolute atomic E-state index is 0.0806. The third-order valence-electron chi connectivity index (χ3n) is 2.31. The van der Waals surface area contributed by atoms with E-state index in [4.69, 9.17) is 16.3 Å². The van der Waals surface area contributed by atoms with Crippen molar-refractivity contribution in [2.45, 2.75) is 6.92 Å². The Balaban J connectivity index is 2.42. The van der Waals surface area contributed by atoms with Crippen LogP contribution in [0.4, 0.5) is 5.69 Å². The summed E-state index contributed by atoms with van der Waals surface area (Å²) < 4.78 is 5.52. The largest absolute Gasteiger partial charge is 0.450 e. The number of aromatic nitrogens is 1. The van der Waals surface area contributed by atoms with Gasteiger partial charge in [-0.15, -0.1) is 0 Å². The quantitative estimate of drug-likeness (QED) is 0.481. The predicted molar refractivity (Wildman–Crippen MR) is 67.2 cm³/mol. The summed E-state index contributed by atoms with van der Waals surface area (Å²) in [5.41, 5.74) is 0.597. The Morgan fingerprint density at radius 2 is 2.17 bits per heavy atom. The van der Waals surface area contributed by atoms with E-state index >= 15 is 0 Å². The number of benzene rings is 1. The molecule has 0 amide bonds. The lowest BCUT2D eigenvalue weighted by molar-refractivity contribution is -0.385. The molecule has 2 rings (SSSR count). The van der Waals surface area contributed by atoms with Gasteiger partial charge in [-0.3, -0.25) is 10.1 Å². The van der Waals surface area contributed by atoms with Gasteiger partial charge in [0.2, 0.25) is 5.75 Å². The molecule has 5 nitrogen and oxygen atoms in total. The first kappa shape index (κ1) is 12.3. The van der Waals surface area contributed by atoms with Crippen molar-refractivity contribution >= 4 is 17.3 Å². The molecule has 1 aromatic heterocycles. The number of ether oxygens (including phenoxy) is 1. The van der Waals surface area contributed by atoms with Gasteiger partial charge >= 0.3 is 5.69 Å². The zero-order valence-electron chi connectivity index (χ0n) is 9.46. The van der Waals surface area contributed by atoms with Crippen molar-refractivity contribution in [3.8, 4) is 11.5 Å². The van der Waals surface area contributed by atoms with Crippen LogP contribution in [0.3, 0.4) is 0 Å². The van der Waals surface area contributed by atoms with E-state index in [1.165, 1.54) is 18.3 Å². The van der Waals surface area contributed by atoms with Crippen LogP contribution in [0.2, 0.25) is 5.15 Å². The normalized spacial score (nSPS) is 10.1. The maximum atomic E-state index is 10.9. The number of rotatable bonds is 3. The zero-order valence-corrected chi connectivity index (χ0v) is 10.2. The molecule has 0 saturated heterocycles. The Labute approximate surface area is 108 Å². The van der Waals surface area contributed by atoms with Crippen LogP contribution in [0.5, 0.6) is 11.5 Å². The maximum Gasteiger partial charge on any atom is 0.311 e. The van der Waals surface area contributed by atoms with Gasteiger partial charge in [0, 0.05) is 18.3 Å². The van der Waals surface area contributed by atoms with E-state index in [9.17, 15) is 10.1 Å². The molecule has 0 spiro atoms. The third-order valence-corrected chi connectivity index (χ3v) is 2.51. The van der Waals surface area contributed by atoms with E-state index in [1.807, 2.05) is 0 Å². The van der Waals surface area contributed by atoms with Gasteiger partial charge in [0.25, 0.3) is 0 Å². The SMILES string of the molecule is Cc1cccc([N+](=O)[O-])c1Oc1ccnc(Cl)c1. The molecule has 1 aromatic carbocycles. The molecule has 0 bridgehead atoms. The Bertz CT molecular complexity index is 602. The molecular formula is C12H9ClN2O3. The summed E-state index contributed by atoms with van der Waals surface area (Å²) in [6, 6.07) is 7.83. The Morgan fingerprint density at radius 3 is 2.83 bits per heavy atom. The number of nitro benzene ring substituents is 1. The second kappa shape index (κ2) is 5.01. The number of nitro groups is 1. The molecule has 0 atom stereocenters. The van der Waals surface area contributed by atoms with Gasteiger partial charge in [0.05, 0.1) is 4.92 Å². The summed E-state index contributed by atoms with van der Waals surface area (Å²) in [5.74, 6) is 0.622. The van der Waals surface area contributed by atoms with E-state index in [0.29, 0.717) is 11.3 Å². The van der Waals surface area contributed by atoms with E-state index in [2.05, 4.69) is 4.98 Å². The lowest BCUT2D eigenvalue weighted by Gasteiger charge is -2.08. The Morgan fingerprint density at radius 1 is 1.39 bits per heavy atom. The molecule has 2 aromatic rings. The van der Waals surface area contributed by atoms with Gasteiger partial charge in [-0.1, -0.05) is 23.7 Å². The fraction of sp³-hybridized carbons (Fsp3) is 0.0833. The predicted octanol–water partition coefficient (Wildman–Crippen LogP) is 3.74. The van der Waals surface area contributed by atoms with Crippen molar-refractivity contribution in [1.29, 1.82) is 0 Å². The molecule has 0 fully saturated rings. The first-order chi connectivity index (χ1) is 8.58. The second-order valence-corrected chi connectivity index (χ2v) is 3.98. The number of pyridine rings is 1. The first-order valence-corrected chi connectivity index (χ1v) is 5.49. The lowest BCUT2D eigenvalue weighted by Crippen LogP contribution is -1.95. The highest BCUT2D eigenvalue weighted by molar-refractivity contribution is 6.29. The molecule has 1 heterocycles. The summed E-state index contributed by atoms with van der Waals surface area (Å²) in [6.07, 6.45) is 1.47. The Kier molecular flexibility index (Phi) is 3.43. The topological polar surface area (TPSA) is 65.3 Å². The van der Waals surface area contributed by atoms with Crippen molar-refractivity contribution in [1.82, 2.24) is 4.98 Å². The maximum absolute atomic E-state index is 10.9. The van der Waals surface area contributed by atoms with Crippen LogP contribution in [0, 0.1) is 17.0 Å². The summed E-state index contributed by atoms with van der Waals surface area (Å²) >= 11 is 5.73. The highest BCUT2D eigenvalue weighted by Crippen LogP contribution is 2.34. The smallest absolute Gasteiger partial charge is 0.311 e. The summed E-state index contributed by atoms with van der Waals surface area (Å²) in [6.45, 7) is 1.74. The molecule has 0 aliphatic heterocycles. The zero-order chi connectivity index (χ0) is 13.1. The van der Waals surface area contributed by atoms with Gasteiger partial charge in [0.1, 0.15) is 10.9 Å². The van der Waals surface area contributed by atoms with Gasteiger partial charge in [-0.25, -0.2) is 4.98 Å².